The summed E-state index contributed by atoms with van der Waals surface area (Å²) in [5, 5.41) is 0.0837. The first-order valence-corrected chi connectivity index (χ1v) is 6.28. The molecule has 1 unspecified atom stereocenters. The molecule has 0 aliphatic carbocycles. The molecule has 2 N–H and O–H groups in total. The molecule has 1 rings (SSSR count). The Balaban J connectivity index is 2.73. The zero-order valence-electron chi connectivity index (χ0n) is 8.89. The van der Waals surface area contributed by atoms with Crippen molar-refractivity contribution in [1.82, 2.24) is 0 Å². The second-order valence-electron chi connectivity index (χ2n) is 3.63. The third kappa shape index (κ3) is 3.58. The van der Waals surface area contributed by atoms with Gasteiger partial charge in [-0.3, -0.25) is 0 Å². The number of rotatable bonds is 4. The lowest BCUT2D eigenvalue weighted by molar-refractivity contribution is 0.624. The molecule has 1 nitrogen and oxygen atoms in total. The van der Waals surface area contributed by atoms with E-state index in [-0.39, 0.29) is 5.02 Å². The van der Waals surface area contributed by atoms with Crippen LogP contribution >= 0.6 is 23.4 Å². The zero-order chi connectivity index (χ0) is 11.4. The molecule has 0 saturated heterocycles. The van der Waals surface area contributed by atoms with Crippen LogP contribution in [0.3, 0.4) is 0 Å². The summed E-state index contributed by atoms with van der Waals surface area (Å²) in [7, 11) is 0. The van der Waals surface area contributed by atoms with E-state index in [1.54, 1.807) is 11.8 Å². The van der Waals surface area contributed by atoms with Crippen LogP contribution in [-0.2, 0) is 0 Å². The lowest BCUT2D eigenvalue weighted by Crippen LogP contribution is -1.97. The SMILES string of the molecule is CCC(C)CSc1cc(F)c(Cl)cc1N. The van der Waals surface area contributed by atoms with Crippen molar-refractivity contribution in [3.05, 3.63) is 23.0 Å². The highest BCUT2D eigenvalue weighted by Crippen LogP contribution is 2.31. The maximum atomic E-state index is 13.2. The number of hydrogen-bond acceptors (Lipinski definition) is 2. The van der Waals surface area contributed by atoms with Crippen molar-refractivity contribution in [2.75, 3.05) is 11.5 Å². The molecule has 4 heteroatoms. The molecule has 1 aromatic rings. The highest BCUT2D eigenvalue weighted by atomic mass is 35.5. The van der Waals surface area contributed by atoms with E-state index < -0.39 is 5.82 Å². The second-order valence-corrected chi connectivity index (χ2v) is 5.10. The summed E-state index contributed by atoms with van der Waals surface area (Å²) >= 11 is 7.19. The van der Waals surface area contributed by atoms with Gasteiger partial charge in [0.15, 0.2) is 0 Å². The molecule has 84 valence electrons. The highest BCUT2D eigenvalue weighted by molar-refractivity contribution is 7.99. The normalized spacial score (nSPS) is 12.8. The van der Waals surface area contributed by atoms with Crippen LogP contribution in [0.25, 0.3) is 0 Å². The van der Waals surface area contributed by atoms with Crippen LogP contribution in [0.4, 0.5) is 10.1 Å². The fraction of sp³-hybridized carbons (Fsp3) is 0.455. The number of nitrogen functional groups attached to an aromatic ring is 1. The average Bonchev–Trinajstić information content (AvgIpc) is 2.21. The average molecular weight is 248 g/mol. The van der Waals surface area contributed by atoms with Crippen molar-refractivity contribution in [3.63, 3.8) is 0 Å². The maximum absolute atomic E-state index is 13.2. The van der Waals surface area contributed by atoms with Crippen molar-refractivity contribution in [3.8, 4) is 0 Å². The van der Waals surface area contributed by atoms with E-state index in [4.69, 9.17) is 17.3 Å². The number of hydrogen-bond donors (Lipinski definition) is 1. The van der Waals surface area contributed by atoms with Gasteiger partial charge in [-0.05, 0) is 18.1 Å². The molecule has 0 spiro atoms. The molecule has 0 aromatic heterocycles. The van der Waals surface area contributed by atoms with Crippen molar-refractivity contribution in [1.29, 1.82) is 0 Å². The highest BCUT2D eigenvalue weighted by Gasteiger charge is 2.08. The molecule has 1 aromatic carbocycles. The molecule has 0 saturated carbocycles. The lowest BCUT2D eigenvalue weighted by atomic mass is 10.2. The summed E-state index contributed by atoms with van der Waals surface area (Å²) < 4.78 is 13.2. The fourth-order valence-corrected chi connectivity index (χ4v) is 2.30. The standard InChI is InChI=1S/C11H15ClFNS/c1-3-7(2)6-15-11-5-9(13)8(12)4-10(11)14/h4-5,7H,3,6,14H2,1-2H3. The molecule has 15 heavy (non-hydrogen) atoms. The van der Waals surface area contributed by atoms with Gasteiger partial charge in [-0.25, -0.2) is 4.39 Å². The van der Waals surface area contributed by atoms with Gasteiger partial charge in [0, 0.05) is 16.3 Å². The third-order valence-electron chi connectivity index (χ3n) is 2.27. The summed E-state index contributed by atoms with van der Waals surface area (Å²) in [5.74, 6) is 1.15. The Kier molecular flexibility index (Phi) is 4.74. The van der Waals surface area contributed by atoms with E-state index >= 15 is 0 Å². The molecular weight excluding hydrogens is 233 g/mol. The smallest absolute Gasteiger partial charge is 0.143 e. The monoisotopic (exact) mass is 247 g/mol. The Bertz CT molecular complexity index is 344. The molecule has 0 radical (unpaired) electrons. The molecular formula is C11H15ClFNS. The van der Waals surface area contributed by atoms with E-state index in [1.807, 2.05) is 0 Å². The van der Waals surface area contributed by atoms with E-state index in [2.05, 4.69) is 13.8 Å². The van der Waals surface area contributed by atoms with Crippen LogP contribution in [0, 0.1) is 11.7 Å². The van der Waals surface area contributed by atoms with Gasteiger partial charge in [-0.1, -0.05) is 31.9 Å². The van der Waals surface area contributed by atoms with Crippen molar-refractivity contribution in [2.24, 2.45) is 5.92 Å². The molecule has 0 bridgehead atoms. The molecule has 0 heterocycles. The Hall–Kier alpha value is -0.410. The second kappa shape index (κ2) is 5.61. The summed E-state index contributed by atoms with van der Waals surface area (Å²) in [5.41, 5.74) is 6.30. The fourth-order valence-electron chi connectivity index (χ4n) is 1.02. The van der Waals surface area contributed by atoms with Crippen LogP contribution in [0.1, 0.15) is 20.3 Å². The zero-order valence-corrected chi connectivity index (χ0v) is 10.5. The Morgan fingerprint density at radius 2 is 2.20 bits per heavy atom. The van der Waals surface area contributed by atoms with Gasteiger partial charge in [0.05, 0.1) is 5.02 Å². The minimum Gasteiger partial charge on any atom is -0.398 e. The van der Waals surface area contributed by atoms with Crippen molar-refractivity contribution >= 4 is 29.1 Å². The first-order valence-electron chi connectivity index (χ1n) is 4.92. The molecule has 0 amide bonds. The summed E-state index contributed by atoms with van der Waals surface area (Å²) in [6, 6.07) is 2.88. The summed E-state index contributed by atoms with van der Waals surface area (Å²) in [4.78, 5) is 0.775. The number of anilines is 1. The van der Waals surface area contributed by atoms with E-state index in [0.29, 0.717) is 11.6 Å². The minimum absolute atomic E-state index is 0.0837. The number of benzene rings is 1. The van der Waals surface area contributed by atoms with E-state index in [9.17, 15) is 4.39 Å². The van der Waals surface area contributed by atoms with Crippen LogP contribution in [-0.4, -0.2) is 5.75 Å². The van der Waals surface area contributed by atoms with E-state index in [0.717, 1.165) is 17.1 Å². The van der Waals surface area contributed by atoms with Crippen molar-refractivity contribution in [2.45, 2.75) is 25.2 Å². The van der Waals surface area contributed by atoms with Crippen LogP contribution in [0.2, 0.25) is 5.02 Å². The largest absolute Gasteiger partial charge is 0.398 e. The first-order chi connectivity index (χ1) is 7.04. The number of thioether (sulfide) groups is 1. The Morgan fingerprint density at radius 3 is 2.80 bits per heavy atom. The van der Waals surface area contributed by atoms with E-state index in [1.165, 1.54) is 12.1 Å². The lowest BCUT2D eigenvalue weighted by Gasteiger charge is -2.10. The molecule has 0 fully saturated rings. The van der Waals surface area contributed by atoms with Crippen LogP contribution in [0.5, 0.6) is 0 Å². The number of halogens is 2. The van der Waals surface area contributed by atoms with Gasteiger partial charge < -0.3 is 5.73 Å². The summed E-state index contributed by atoms with van der Waals surface area (Å²) in [6.45, 7) is 4.30. The predicted octanol–water partition coefficient (Wildman–Crippen LogP) is 4.20. The van der Waals surface area contributed by atoms with Gasteiger partial charge in [-0.15, -0.1) is 11.8 Å². The summed E-state index contributed by atoms with van der Waals surface area (Å²) in [6.07, 6.45) is 1.11. The predicted molar refractivity (Wildman–Crippen MR) is 66.0 cm³/mol. The van der Waals surface area contributed by atoms with Gasteiger partial charge in [0.25, 0.3) is 0 Å². The molecule has 0 aliphatic heterocycles. The van der Waals surface area contributed by atoms with Crippen molar-refractivity contribution < 1.29 is 4.39 Å². The van der Waals surface area contributed by atoms with Crippen LogP contribution < -0.4 is 5.73 Å². The van der Waals surface area contributed by atoms with Gasteiger partial charge >= 0.3 is 0 Å². The maximum Gasteiger partial charge on any atom is 0.143 e. The topological polar surface area (TPSA) is 26.0 Å². The van der Waals surface area contributed by atoms with Gasteiger partial charge in [-0.2, -0.15) is 0 Å². The van der Waals surface area contributed by atoms with Gasteiger partial charge in [0.2, 0.25) is 0 Å². The molecule has 1 atom stereocenters. The Morgan fingerprint density at radius 1 is 1.53 bits per heavy atom. The Labute approximate surface area is 99.2 Å². The number of nitrogens with two attached hydrogens (primary N) is 1. The quantitative estimate of drug-likeness (QED) is 0.638. The van der Waals surface area contributed by atoms with Crippen LogP contribution in [0.15, 0.2) is 17.0 Å². The van der Waals surface area contributed by atoms with Gasteiger partial charge in [0.1, 0.15) is 5.82 Å². The molecule has 0 aliphatic rings. The first kappa shape index (κ1) is 12.7. The third-order valence-corrected chi connectivity index (χ3v) is 3.96. The minimum atomic E-state index is -0.405.